The minimum absolute atomic E-state index is 0.0614. The lowest BCUT2D eigenvalue weighted by Crippen LogP contribution is -2.27. The van der Waals surface area contributed by atoms with Gasteiger partial charge in [-0.25, -0.2) is 15.0 Å². The summed E-state index contributed by atoms with van der Waals surface area (Å²) in [4.78, 5) is 27.5. The first kappa shape index (κ1) is 19.7. The van der Waals surface area contributed by atoms with E-state index in [9.17, 15) is 4.79 Å². The van der Waals surface area contributed by atoms with Crippen molar-refractivity contribution in [1.29, 1.82) is 5.26 Å². The number of nitrogens with two attached hydrogens (primary N) is 1. The van der Waals surface area contributed by atoms with Crippen molar-refractivity contribution in [2.45, 2.75) is 12.8 Å². The van der Waals surface area contributed by atoms with Crippen molar-refractivity contribution in [3.05, 3.63) is 60.2 Å². The van der Waals surface area contributed by atoms with Gasteiger partial charge in [-0.2, -0.15) is 5.26 Å². The summed E-state index contributed by atoms with van der Waals surface area (Å²) in [5.41, 5.74) is 11.4. The Balaban J connectivity index is 1.67. The van der Waals surface area contributed by atoms with Crippen LogP contribution in [0.1, 0.15) is 28.9 Å². The first-order valence-electron chi connectivity index (χ1n) is 10.4. The molecule has 0 saturated carbocycles. The van der Waals surface area contributed by atoms with Gasteiger partial charge in [-0.05, 0) is 42.7 Å². The number of aryl methyl sites for hydroxylation is 1. The molecule has 1 aliphatic rings. The number of carbonyl (C=O) groups is 1. The van der Waals surface area contributed by atoms with Gasteiger partial charge in [-0.3, -0.25) is 4.79 Å². The average Bonchev–Trinajstić information content (AvgIpc) is 3.47. The number of hydrogen-bond acceptors (Lipinski definition) is 6. The molecule has 1 aliphatic heterocycles. The van der Waals surface area contributed by atoms with Gasteiger partial charge in [0.1, 0.15) is 29.6 Å². The Morgan fingerprint density at radius 2 is 1.75 bits per heavy atom. The molecule has 0 unspecified atom stereocenters. The number of anilines is 1. The van der Waals surface area contributed by atoms with E-state index in [0.717, 1.165) is 53.7 Å². The molecule has 1 amide bonds. The normalized spacial score (nSPS) is 13.4. The molecular formula is C24H21N7O. The summed E-state index contributed by atoms with van der Waals surface area (Å²) in [6, 6.07) is 13.2. The summed E-state index contributed by atoms with van der Waals surface area (Å²) in [6.45, 7) is 1.63. The Hall–Kier alpha value is -4.25. The van der Waals surface area contributed by atoms with E-state index in [4.69, 9.17) is 11.0 Å². The molecule has 8 heteroatoms. The number of hydrogen-bond donors (Lipinski definition) is 1. The number of pyridine rings is 1. The number of carbonyl (C=O) groups excluding carboxylic acids is 1. The van der Waals surface area contributed by atoms with Crippen LogP contribution < -0.4 is 5.73 Å². The molecule has 1 saturated heterocycles. The maximum Gasteiger partial charge on any atom is 0.253 e. The highest BCUT2D eigenvalue weighted by molar-refractivity contribution is 6.08. The van der Waals surface area contributed by atoms with Crippen LogP contribution >= 0.6 is 0 Å². The van der Waals surface area contributed by atoms with E-state index in [2.05, 4.69) is 15.0 Å². The minimum atomic E-state index is 0.0614. The molecule has 4 aromatic rings. The standard InChI is InChI=1S/C24H21N7O/c1-30-21(17-8-9-18(12-25)27-13-17)19(20-22(26)28-14-29-23(20)30)15-4-6-16(7-5-15)24(32)31-10-2-3-11-31/h4-9,13-14H,2-3,10-11H2,1H3,(H2,26,28,29). The maximum absolute atomic E-state index is 12.8. The quantitative estimate of drug-likeness (QED) is 0.540. The minimum Gasteiger partial charge on any atom is -0.383 e. The Labute approximate surface area is 185 Å². The molecule has 4 heterocycles. The average molecular weight is 423 g/mol. The van der Waals surface area contributed by atoms with Crippen molar-refractivity contribution in [2.75, 3.05) is 18.8 Å². The highest BCUT2D eigenvalue weighted by atomic mass is 16.2. The topological polar surface area (TPSA) is 114 Å². The van der Waals surface area contributed by atoms with Crippen LogP contribution in [0.15, 0.2) is 48.9 Å². The zero-order chi connectivity index (χ0) is 22.2. The van der Waals surface area contributed by atoms with Gasteiger partial charge < -0.3 is 15.2 Å². The number of nitriles is 1. The number of likely N-dealkylation sites (tertiary alicyclic amines) is 1. The second kappa shape index (κ2) is 7.78. The predicted molar refractivity (Wildman–Crippen MR) is 121 cm³/mol. The molecule has 0 atom stereocenters. The van der Waals surface area contributed by atoms with E-state index in [1.807, 2.05) is 52.9 Å². The van der Waals surface area contributed by atoms with Crippen molar-refractivity contribution in [3.8, 4) is 28.5 Å². The van der Waals surface area contributed by atoms with E-state index in [1.54, 1.807) is 12.3 Å². The Morgan fingerprint density at radius 1 is 1.03 bits per heavy atom. The number of nitrogen functional groups attached to an aromatic ring is 1. The summed E-state index contributed by atoms with van der Waals surface area (Å²) in [6.07, 6.45) is 5.23. The second-order valence-electron chi connectivity index (χ2n) is 7.86. The summed E-state index contributed by atoms with van der Waals surface area (Å²) in [5, 5.41) is 9.85. The number of aromatic nitrogens is 4. The zero-order valence-electron chi connectivity index (χ0n) is 17.6. The highest BCUT2D eigenvalue weighted by Crippen LogP contribution is 2.41. The van der Waals surface area contributed by atoms with Crippen LogP contribution in [0.4, 0.5) is 5.82 Å². The number of fused-ring (bicyclic) bond motifs is 1. The summed E-state index contributed by atoms with van der Waals surface area (Å²) in [7, 11) is 1.91. The fourth-order valence-corrected chi connectivity index (χ4v) is 4.38. The van der Waals surface area contributed by atoms with Gasteiger partial charge in [0.25, 0.3) is 5.91 Å². The largest absolute Gasteiger partial charge is 0.383 e. The maximum atomic E-state index is 12.8. The Bertz CT molecular complexity index is 1360. The third kappa shape index (κ3) is 3.15. The van der Waals surface area contributed by atoms with E-state index < -0.39 is 0 Å². The second-order valence-corrected chi connectivity index (χ2v) is 7.86. The number of amides is 1. The number of rotatable bonds is 3. The summed E-state index contributed by atoms with van der Waals surface area (Å²) < 4.78 is 1.95. The first-order valence-corrected chi connectivity index (χ1v) is 10.4. The molecule has 32 heavy (non-hydrogen) atoms. The third-order valence-electron chi connectivity index (χ3n) is 5.96. The molecule has 1 fully saturated rings. The molecule has 1 aromatic carbocycles. The van der Waals surface area contributed by atoms with Crippen LogP contribution in [-0.2, 0) is 7.05 Å². The zero-order valence-corrected chi connectivity index (χ0v) is 17.6. The number of benzene rings is 1. The van der Waals surface area contributed by atoms with E-state index in [0.29, 0.717) is 22.7 Å². The van der Waals surface area contributed by atoms with Crippen molar-refractivity contribution < 1.29 is 4.79 Å². The van der Waals surface area contributed by atoms with Gasteiger partial charge in [0.2, 0.25) is 0 Å². The molecule has 2 N–H and O–H groups in total. The highest BCUT2D eigenvalue weighted by Gasteiger charge is 2.23. The molecule has 5 rings (SSSR count). The Morgan fingerprint density at radius 3 is 2.41 bits per heavy atom. The molecule has 3 aromatic heterocycles. The molecule has 8 nitrogen and oxygen atoms in total. The number of nitrogens with zero attached hydrogens (tertiary/aromatic N) is 6. The smallest absolute Gasteiger partial charge is 0.253 e. The lowest BCUT2D eigenvalue weighted by molar-refractivity contribution is 0.0793. The summed E-state index contributed by atoms with van der Waals surface area (Å²) in [5.74, 6) is 0.442. The molecule has 0 radical (unpaired) electrons. The lowest BCUT2D eigenvalue weighted by atomic mass is 9.98. The van der Waals surface area contributed by atoms with Crippen molar-refractivity contribution in [1.82, 2.24) is 24.4 Å². The van der Waals surface area contributed by atoms with Crippen molar-refractivity contribution in [3.63, 3.8) is 0 Å². The lowest BCUT2D eigenvalue weighted by Gasteiger charge is -2.15. The van der Waals surface area contributed by atoms with Gasteiger partial charge in [-0.1, -0.05) is 12.1 Å². The van der Waals surface area contributed by atoms with Gasteiger partial charge in [0.05, 0.1) is 11.1 Å². The molecule has 158 valence electrons. The van der Waals surface area contributed by atoms with Crippen molar-refractivity contribution in [2.24, 2.45) is 7.05 Å². The van der Waals surface area contributed by atoms with Crippen LogP contribution in [-0.4, -0.2) is 43.4 Å². The van der Waals surface area contributed by atoms with E-state index in [1.165, 1.54) is 6.33 Å². The van der Waals surface area contributed by atoms with Gasteiger partial charge in [0, 0.05) is 43.0 Å². The Kier molecular flexibility index (Phi) is 4.79. The van der Waals surface area contributed by atoms with Crippen LogP contribution in [0.2, 0.25) is 0 Å². The fraction of sp³-hybridized carbons (Fsp3) is 0.208. The van der Waals surface area contributed by atoms with Gasteiger partial charge >= 0.3 is 0 Å². The molecular weight excluding hydrogens is 402 g/mol. The van der Waals surface area contributed by atoms with Crippen LogP contribution in [0, 0.1) is 11.3 Å². The molecule has 0 bridgehead atoms. The third-order valence-corrected chi connectivity index (χ3v) is 5.96. The summed E-state index contributed by atoms with van der Waals surface area (Å²) >= 11 is 0. The van der Waals surface area contributed by atoms with E-state index >= 15 is 0 Å². The molecule has 0 spiro atoms. The molecule has 0 aliphatic carbocycles. The van der Waals surface area contributed by atoms with Crippen LogP contribution in [0.3, 0.4) is 0 Å². The van der Waals surface area contributed by atoms with Gasteiger partial charge in [-0.15, -0.1) is 0 Å². The first-order chi connectivity index (χ1) is 15.6. The predicted octanol–water partition coefficient (Wildman–Crippen LogP) is 3.39. The van der Waals surface area contributed by atoms with Crippen molar-refractivity contribution >= 4 is 22.8 Å². The SMILES string of the molecule is Cn1c(-c2ccc(C#N)nc2)c(-c2ccc(C(=O)N3CCCC3)cc2)c2c(N)ncnc21. The monoisotopic (exact) mass is 423 g/mol. The van der Waals surface area contributed by atoms with Crippen LogP contribution in [0.5, 0.6) is 0 Å². The van der Waals surface area contributed by atoms with Crippen LogP contribution in [0.25, 0.3) is 33.4 Å². The fourth-order valence-electron chi connectivity index (χ4n) is 4.38. The van der Waals surface area contributed by atoms with Gasteiger partial charge in [0.15, 0.2) is 0 Å². The van der Waals surface area contributed by atoms with E-state index in [-0.39, 0.29) is 5.91 Å².